The fourth-order valence-corrected chi connectivity index (χ4v) is 4.08. The molecule has 2 aromatic rings. The maximum atomic E-state index is 13.5. The van der Waals surface area contributed by atoms with Crippen LogP contribution >= 0.6 is 11.6 Å². The number of rotatable bonds is 3. The molecule has 0 amide bonds. The van der Waals surface area contributed by atoms with Crippen molar-refractivity contribution in [2.45, 2.75) is 5.16 Å². The normalized spacial score (nSPS) is 18.5. The molecule has 4 rings (SSSR count). The van der Waals surface area contributed by atoms with Gasteiger partial charge in [-0.15, -0.1) is 0 Å². The van der Waals surface area contributed by atoms with Crippen molar-refractivity contribution in [3.05, 3.63) is 29.0 Å². The molecule has 138 valence electrons. The van der Waals surface area contributed by atoms with Crippen LogP contribution in [0.15, 0.2) is 23.4 Å². The van der Waals surface area contributed by atoms with Crippen LogP contribution in [0.4, 0.5) is 16.0 Å². The van der Waals surface area contributed by atoms with Gasteiger partial charge in [-0.05, 0) is 17.7 Å². The Morgan fingerprint density at radius 1 is 1.31 bits per heavy atom. The third-order valence-electron chi connectivity index (χ3n) is 4.79. The minimum Gasteiger partial charge on any atom is -0.383 e. The number of nitrogens with one attached hydrogen (secondary N) is 1. The molecule has 1 aromatic carbocycles. The molecule has 7 nitrogen and oxygen atoms in total. The van der Waals surface area contributed by atoms with Crippen LogP contribution in [0.5, 0.6) is 0 Å². The van der Waals surface area contributed by atoms with Gasteiger partial charge in [0.25, 0.3) is 5.16 Å². The van der Waals surface area contributed by atoms with Gasteiger partial charge in [0.05, 0.1) is 10.6 Å². The maximum absolute atomic E-state index is 13.5. The van der Waals surface area contributed by atoms with Crippen molar-refractivity contribution in [3.8, 4) is 11.1 Å². The molecule has 0 aliphatic carbocycles. The third-order valence-corrected chi connectivity index (χ3v) is 5.92. The van der Waals surface area contributed by atoms with Crippen LogP contribution < -0.4 is 16.0 Å². The van der Waals surface area contributed by atoms with Crippen molar-refractivity contribution in [2.75, 3.05) is 43.1 Å². The van der Waals surface area contributed by atoms with Gasteiger partial charge in [0, 0.05) is 37.8 Å². The summed E-state index contributed by atoms with van der Waals surface area (Å²) in [6.45, 7) is 3.31. The van der Waals surface area contributed by atoms with Gasteiger partial charge in [0.2, 0.25) is 9.84 Å². The highest BCUT2D eigenvalue weighted by molar-refractivity contribution is 7.90. The van der Waals surface area contributed by atoms with Crippen molar-refractivity contribution in [1.29, 1.82) is 0 Å². The Hall–Kier alpha value is -1.97. The Kier molecular flexibility index (Phi) is 3.87. The first-order valence-electron chi connectivity index (χ1n) is 7.97. The molecule has 2 saturated heterocycles. The quantitative estimate of drug-likeness (QED) is 0.753. The molecular weight excluding hydrogens is 381 g/mol. The molecular formula is C16H17ClFN5O2S. The molecule has 2 aliphatic rings. The smallest absolute Gasteiger partial charge is 0.250 e. The van der Waals surface area contributed by atoms with Crippen LogP contribution in [0.1, 0.15) is 0 Å². The lowest BCUT2D eigenvalue weighted by molar-refractivity contribution is 0.120. The predicted molar refractivity (Wildman–Crippen MR) is 97.5 cm³/mol. The molecule has 2 fully saturated rings. The van der Waals surface area contributed by atoms with E-state index < -0.39 is 15.7 Å². The fraction of sp³-hybridized carbons (Fsp3) is 0.375. The van der Waals surface area contributed by atoms with Crippen LogP contribution in [-0.4, -0.2) is 50.8 Å². The van der Waals surface area contributed by atoms with E-state index in [9.17, 15) is 12.8 Å². The number of nitrogens with two attached hydrogens (primary N) is 1. The molecule has 26 heavy (non-hydrogen) atoms. The van der Waals surface area contributed by atoms with Gasteiger partial charge in [-0.1, -0.05) is 17.7 Å². The number of sulfone groups is 1. The number of hydrogen-bond donors (Lipinski definition) is 2. The van der Waals surface area contributed by atoms with Crippen molar-refractivity contribution >= 4 is 33.1 Å². The van der Waals surface area contributed by atoms with Gasteiger partial charge in [0.1, 0.15) is 17.5 Å². The Morgan fingerprint density at radius 3 is 2.54 bits per heavy atom. The van der Waals surface area contributed by atoms with E-state index in [-0.39, 0.29) is 21.4 Å². The first-order chi connectivity index (χ1) is 12.2. The molecule has 3 N–H and O–H groups in total. The van der Waals surface area contributed by atoms with Gasteiger partial charge in [-0.25, -0.2) is 22.8 Å². The Morgan fingerprint density at radius 2 is 2.00 bits per heavy atom. The van der Waals surface area contributed by atoms with E-state index in [4.69, 9.17) is 17.3 Å². The second kappa shape index (κ2) is 5.77. The predicted octanol–water partition coefficient (Wildman–Crippen LogP) is 1.33. The van der Waals surface area contributed by atoms with Gasteiger partial charge in [0.15, 0.2) is 0 Å². The zero-order chi connectivity index (χ0) is 18.7. The summed E-state index contributed by atoms with van der Waals surface area (Å²) in [5.74, 6) is -0.100. The summed E-state index contributed by atoms with van der Waals surface area (Å²) in [6, 6.07) is 4.20. The van der Waals surface area contributed by atoms with Gasteiger partial charge in [-0.3, -0.25) is 0 Å². The Balaban J connectivity index is 1.85. The summed E-state index contributed by atoms with van der Waals surface area (Å²) in [4.78, 5) is 10.2. The Bertz CT molecular complexity index is 1000. The number of benzene rings is 1. The zero-order valence-electron chi connectivity index (χ0n) is 14.0. The summed E-state index contributed by atoms with van der Waals surface area (Å²) in [7, 11) is -3.63. The minimum atomic E-state index is -3.63. The molecule has 1 aromatic heterocycles. The third kappa shape index (κ3) is 2.80. The van der Waals surface area contributed by atoms with E-state index in [1.807, 2.05) is 4.90 Å². The fourth-order valence-electron chi connectivity index (χ4n) is 3.38. The highest BCUT2D eigenvalue weighted by Crippen LogP contribution is 2.43. The number of aromatic nitrogens is 2. The Labute approximate surface area is 155 Å². The van der Waals surface area contributed by atoms with E-state index >= 15 is 0 Å². The van der Waals surface area contributed by atoms with E-state index in [0.29, 0.717) is 16.9 Å². The molecule has 0 unspecified atom stereocenters. The molecule has 2 aliphatic heterocycles. The number of nitrogens with zero attached hydrogens (tertiary/aromatic N) is 3. The van der Waals surface area contributed by atoms with Crippen molar-refractivity contribution < 1.29 is 12.8 Å². The number of nitrogen functional groups attached to an aromatic ring is 1. The van der Waals surface area contributed by atoms with Crippen LogP contribution in [0, 0.1) is 11.2 Å². The molecule has 0 atom stereocenters. The summed E-state index contributed by atoms with van der Waals surface area (Å²) in [5.41, 5.74) is 7.27. The van der Waals surface area contributed by atoms with Gasteiger partial charge >= 0.3 is 0 Å². The number of halogens is 2. The number of anilines is 2. The summed E-state index contributed by atoms with van der Waals surface area (Å²) >= 11 is 5.90. The topological polar surface area (TPSA) is 101 Å². The molecule has 3 heterocycles. The van der Waals surface area contributed by atoms with Gasteiger partial charge in [-0.2, -0.15) is 0 Å². The van der Waals surface area contributed by atoms with E-state index in [1.54, 1.807) is 0 Å². The van der Waals surface area contributed by atoms with E-state index in [1.165, 1.54) is 18.2 Å². The second-order valence-electron chi connectivity index (χ2n) is 6.95. The van der Waals surface area contributed by atoms with Crippen LogP contribution in [0.3, 0.4) is 0 Å². The van der Waals surface area contributed by atoms with E-state index in [2.05, 4.69) is 15.3 Å². The lowest BCUT2D eigenvalue weighted by Gasteiger charge is -2.56. The van der Waals surface area contributed by atoms with Crippen LogP contribution in [0.25, 0.3) is 11.1 Å². The average Bonchev–Trinajstić information content (AvgIpc) is 2.46. The molecule has 0 saturated carbocycles. The lowest BCUT2D eigenvalue weighted by atomic mass is 9.74. The zero-order valence-corrected chi connectivity index (χ0v) is 15.5. The standard InChI is InChI=1S/C16H17ClFN5O2S/c1-26(24,25)15-21-13(19)12(9-2-3-11(18)10(17)4-9)14(22-15)23-7-16(8-23)5-20-6-16/h2-4,20H,5-8H2,1H3,(H2,19,21,22). The van der Waals surface area contributed by atoms with Crippen molar-refractivity contribution in [2.24, 2.45) is 5.41 Å². The summed E-state index contributed by atoms with van der Waals surface area (Å²) in [5, 5.41) is 2.87. The molecule has 1 spiro atoms. The minimum absolute atomic E-state index is 0.0192. The van der Waals surface area contributed by atoms with E-state index in [0.717, 1.165) is 32.4 Å². The number of hydrogen-bond acceptors (Lipinski definition) is 7. The van der Waals surface area contributed by atoms with Gasteiger partial charge < -0.3 is 16.0 Å². The van der Waals surface area contributed by atoms with Crippen LogP contribution in [-0.2, 0) is 9.84 Å². The lowest BCUT2D eigenvalue weighted by Crippen LogP contribution is -2.71. The van der Waals surface area contributed by atoms with Crippen molar-refractivity contribution in [3.63, 3.8) is 0 Å². The van der Waals surface area contributed by atoms with Crippen molar-refractivity contribution in [1.82, 2.24) is 15.3 Å². The average molecular weight is 398 g/mol. The molecule has 0 radical (unpaired) electrons. The highest BCUT2D eigenvalue weighted by atomic mass is 35.5. The first-order valence-corrected chi connectivity index (χ1v) is 10.2. The molecule has 10 heteroatoms. The molecule has 0 bridgehead atoms. The first kappa shape index (κ1) is 17.4. The monoisotopic (exact) mass is 397 g/mol. The second-order valence-corrected chi connectivity index (χ2v) is 9.27. The summed E-state index contributed by atoms with van der Waals surface area (Å²) in [6.07, 6.45) is 1.04. The van der Waals surface area contributed by atoms with Crippen LogP contribution in [0.2, 0.25) is 5.02 Å². The SMILES string of the molecule is CS(=O)(=O)c1nc(N)c(-c2ccc(F)c(Cl)c2)c(N2CC3(CNC3)C2)n1. The largest absolute Gasteiger partial charge is 0.383 e. The maximum Gasteiger partial charge on any atom is 0.250 e. The summed E-state index contributed by atoms with van der Waals surface area (Å²) < 4.78 is 37.4. The highest BCUT2D eigenvalue weighted by Gasteiger charge is 2.48.